The van der Waals surface area contributed by atoms with E-state index in [1.54, 1.807) is 0 Å². The lowest BCUT2D eigenvalue weighted by atomic mass is 9.82. The third-order valence-electron chi connectivity index (χ3n) is 5.14. The molecule has 0 radical (unpaired) electrons. The van der Waals surface area contributed by atoms with Gasteiger partial charge < -0.3 is 18.8 Å². The van der Waals surface area contributed by atoms with Crippen molar-refractivity contribution in [3.63, 3.8) is 0 Å². The highest BCUT2D eigenvalue weighted by Crippen LogP contribution is 2.36. The van der Waals surface area contributed by atoms with Crippen LogP contribution in [0.3, 0.4) is 0 Å². The van der Waals surface area contributed by atoms with E-state index in [2.05, 4.69) is 32.8 Å². The normalized spacial score (nSPS) is 27.4. The topological polar surface area (TPSA) is 54.7 Å². The van der Waals surface area contributed by atoms with Gasteiger partial charge >= 0.3 is 7.12 Å². The summed E-state index contributed by atoms with van der Waals surface area (Å²) in [5.41, 5.74) is 0.262. The molecule has 134 valence electrons. The van der Waals surface area contributed by atoms with E-state index in [9.17, 15) is 0 Å². The molecule has 0 N–H and O–H groups in total. The number of nitrogens with zero attached hydrogens (tertiary/aromatic N) is 2. The first kappa shape index (κ1) is 17.9. The SMILES string of the molecule is CC(Cn1cc(B2OC(C)(C)C(C)(C)O2)cn1)OC1CCCCO1. The molecule has 1 aromatic heterocycles. The maximum atomic E-state index is 6.06. The van der Waals surface area contributed by atoms with E-state index >= 15 is 0 Å². The predicted molar refractivity (Wildman–Crippen MR) is 92.1 cm³/mol. The van der Waals surface area contributed by atoms with Crippen LogP contribution < -0.4 is 5.46 Å². The molecule has 0 saturated carbocycles. The molecular weight excluding hydrogens is 307 g/mol. The molecule has 0 spiro atoms. The Bertz CT molecular complexity index is 539. The molecule has 2 atom stereocenters. The highest BCUT2D eigenvalue weighted by molar-refractivity contribution is 6.61. The summed E-state index contributed by atoms with van der Waals surface area (Å²) in [6.45, 7) is 11.7. The minimum atomic E-state index is -0.373. The highest BCUT2D eigenvalue weighted by Gasteiger charge is 2.52. The molecule has 0 aliphatic carbocycles. The summed E-state index contributed by atoms with van der Waals surface area (Å²) in [6.07, 6.45) is 7.03. The van der Waals surface area contributed by atoms with Gasteiger partial charge in [0.25, 0.3) is 0 Å². The number of rotatable bonds is 5. The van der Waals surface area contributed by atoms with Gasteiger partial charge in [-0.3, -0.25) is 4.68 Å². The summed E-state index contributed by atoms with van der Waals surface area (Å²) in [5.74, 6) is 0. The Kier molecular flexibility index (Phi) is 5.07. The highest BCUT2D eigenvalue weighted by atomic mass is 16.7. The van der Waals surface area contributed by atoms with E-state index in [0.717, 1.165) is 24.9 Å². The van der Waals surface area contributed by atoms with Crippen LogP contribution in [0, 0.1) is 0 Å². The van der Waals surface area contributed by atoms with Crippen molar-refractivity contribution in [2.45, 2.75) is 84.0 Å². The van der Waals surface area contributed by atoms with Gasteiger partial charge in [0.1, 0.15) is 0 Å². The lowest BCUT2D eigenvalue weighted by Gasteiger charge is -2.32. The van der Waals surface area contributed by atoms with Crippen LogP contribution in [0.5, 0.6) is 0 Å². The first-order valence-electron chi connectivity index (χ1n) is 8.92. The maximum absolute atomic E-state index is 6.06. The molecule has 2 saturated heterocycles. The summed E-state index contributed by atoms with van der Waals surface area (Å²) >= 11 is 0. The Morgan fingerprint density at radius 2 is 2.00 bits per heavy atom. The number of aromatic nitrogens is 2. The van der Waals surface area contributed by atoms with Crippen LogP contribution in [-0.4, -0.2) is 47.1 Å². The van der Waals surface area contributed by atoms with E-state index in [1.807, 2.05) is 24.0 Å². The second kappa shape index (κ2) is 6.79. The summed E-state index contributed by atoms with van der Waals surface area (Å²) in [4.78, 5) is 0. The largest absolute Gasteiger partial charge is 0.498 e. The van der Waals surface area contributed by atoms with Crippen LogP contribution in [0.25, 0.3) is 0 Å². The molecule has 2 aliphatic rings. The van der Waals surface area contributed by atoms with E-state index in [0.29, 0.717) is 6.54 Å². The van der Waals surface area contributed by atoms with E-state index < -0.39 is 0 Å². The van der Waals surface area contributed by atoms with Crippen molar-refractivity contribution in [2.75, 3.05) is 6.61 Å². The van der Waals surface area contributed by atoms with Crippen molar-refractivity contribution in [1.29, 1.82) is 0 Å². The minimum absolute atomic E-state index is 0.0409. The zero-order valence-corrected chi connectivity index (χ0v) is 15.4. The van der Waals surface area contributed by atoms with Gasteiger partial charge in [-0.1, -0.05) is 0 Å². The van der Waals surface area contributed by atoms with Gasteiger partial charge in [-0.2, -0.15) is 5.10 Å². The van der Waals surface area contributed by atoms with Crippen molar-refractivity contribution in [3.05, 3.63) is 12.4 Å². The molecule has 6 nitrogen and oxygen atoms in total. The number of hydrogen-bond acceptors (Lipinski definition) is 5. The van der Waals surface area contributed by atoms with Crippen LogP contribution >= 0.6 is 0 Å². The lowest BCUT2D eigenvalue weighted by Crippen LogP contribution is -2.41. The Morgan fingerprint density at radius 3 is 2.62 bits per heavy atom. The molecule has 2 fully saturated rings. The molecule has 3 heterocycles. The van der Waals surface area contributed by atoms with Crippen molar-refractivity contribution in [2.24, 2.45) is 0 Å². The fourth-order valence-corrected chi connectivity index (χ4v) is 2.96. The molecule has 2 unspecified atom stereocenters. The molecule has 0 bridgehead atoms. The van der Waals surface area contributed by atoms with E-state index in [1.165, 1.54) is 6.42 Å². The van der Waals surface area contributed by atoms with Crippen molar-refractivity contribution >= 4 is 12.6 Å². The van der Waals surface area contributed by atoms with E-state index in [-0.39, 0.29) is 30.7 Å². The second-order valence-electron chi connectivity index (χ2n) is 7.83. The van der Waals surface area contributed by atoms with Gasteiger partial charge in [0.05, 0.1) is 23.9 Å². The van der Waals surface area contributed by atoms with Crippen molar-refractivity contribution in [1.82, 2.24) is 9.78 Å². The monoisotopic (exact) mass is 336 g/mol. The molecule has 1 aromatic rings. The summed E-state index contributed by atoms with van der Waals surface area (Å²) in [7, 11) is -0.373. The third-order valence-corrected chi connectivity index (χ3v) is 5.14. The fourth-order valence-electron chi connectivity index (χ4n) is 2.96. The van der Waals surface area contributed by atoms with Gasteiger partial charge in [-0.25, -0.2) is 0 Å². The van der Waals surface area contributed by atoms with Crippen molar-refractivity contribution in [3.8, 4) is 0 Å². The quantitative estimate of drug-likeness (QED) is 0.771. The fraction of sp³-hybridized carbons (Fsp3) is 0.824. The molecule has 7 heteroatoms. The molecule has 0 aromatic carbocycles. The summed E-state index contributed by atoms with van der Waals surface area (Å²) in [5, 5.41) is 4.43. The average molecular weight is 336 g/mol. The van der Waals surface area contributed by atoms with Gasteiger partial charge in [-0.15, -0.1) is 0 Å². The van der Waals surface area contributed by atoms with Crippen molar-refractivity contribution < 1.29 is 18.8 Å². The zero-order chi connectivity index (χ0) is 17.4. The van der Waals surface area contributed by atoms with Gasteiger partial charge in [-0.05, 0) is 53.9 Å². The molecule has 0 amide bonds. The summed E-state index contributed by atoms with van der Waals surface area (Å²) in [6, 6.07) is 0. The standard InChI is InChI=1S/C17H29BN2O4/c1-13(22-15-8-6-7-9-21-15)11-20-12-14(10-19-20)18-23-16(2,3)17(4,5)24-18/h10,12-13,15H,6-9,11H2,1-5H3. The smallest absolute Gasteiger partial charge is 0.399 e. The molecular formula is C17H29BN2O4. The summed E-state index contributed by atoms with van der Waals surface area (Å²) < 4.78 is 25.6. The Hall–Kier alpha value is -0.885. The third kappa shape index (κ3) is 3.85. The lowest BCUT2D eigenvalue weighted by molar-refractivity contribution is -0.187. The Morgan fingerprint density at radius 1 is 1.29 bits per heavy atom. The molecule has 24 heavy (non-hydrogen) atoms. The Balaban J connectivity index is 1.56. The first-order chi connectivity index (χ1) is 11.3. The first-order valence-corrected chi connectivity index (χ1v) is 8.92. The van der Waals surface area contributed by atoms with Gasteiger partial charge in [0.15, 0.2) is 6.29 Å². The molecule has 2 aliphatic heterocycles. The zero-order valence-electron chi connectivity index (χ0n) is 15.4. The van der Waals surface area contributed by atoms with Gasteiger partial charge in [0, 0.05) is 24.5 Å². The average Bonchev–Trinajstić information content (AvgIpc) is 3.03. The Labute approximate surface area is 144 Å². The van der Waals surface area contributed by atoms with Crippen LogP contribution in [0.15, 0.2) is 12.4 Å². The van der Waals surface area contributed by atoms with Crippen LogP contribution in [0.2, 0.25) is 0 Å². The predicted octanol–water partition coefficient (Wildman–Crippen LogP) is 2.11. The van der Waals surface area contributed by atoms with Gasteiger partial charge in [0.2, 0.25) is 0 Å². The van der Waals surface area contributed by atoms with Crippen LogP contribution in [0.4, 0.5) is 0 Å². The minimum Gasteiger partial charge on any atom is -0.399 e. The molecule has 3 rings (SSSR count). The van der Waals surface area contributed by atoms with E-state index in [4.69, 9.17) is 18.8 Å². The maximum Gasteiger partial charge on any atom is 0.498 e. The number of hydrogen-bond donors (Lipinski definition) is 0. The van der Waals surface area contributed by atoms with Crippen LogP contribution in [-0.2, 0) is 25.3 Å². The second-order valence-corrected chi connectivity index (χ2v) is 7.83. The number of ether oxygens (including phenoxy) is 2. The van der Waals surface area contributed by atoms with Crippen LogP contribution in [0.1, 0.15) is 53.9 Å².